The van der Waals surface area contributed by atoms with E-state index in [4.69, 9.17) is 71.1 Å². The lowest BCUT2D eigenvalue weighted by Gasteiger charge is -2.45. The van der Waals surface area contributed by atoms with E-state index in [1.54, 1.807) is 0 Å². The number of unbranched alkanes of at least 4 members (excludes halogenated alkanes) is 9. The number of hydrogen-bond donors (Lipinski definition) is 7. The molecule has 3 saturated heterocycles. The van der Waals surface area contributed by atoms with Gasteiger partial charge in [-0.05, 0) is 62.2 Å². The second-order valence-electron chi connectivity index (χ2n) is 31.0. The fraction of sp³-hybridized carbons (Fsp3) is 0.726. The number of thioether (sulfide) groups is 3. The number of esters is 10. The van der Waals surface area contributed by atoms with Crippen LogP contribution in [0.15, 0.2) is 0 Å². The molecule has 746 valence electrons. The number of nitrogens with one attached hydrogen (secondary N) is 7. The van der Waals surface area contributed by atoms with Gasteiger partial charge >= 0.3 is 59.7 Å². The van der Waals surface area contributed by atoms with E-state index >= 15 is 0 Å². The Balaban J connectivity index is 1.45. The molecule has 15 unspecified atom stereocenters. The number of carbonyl (C=O) groups is 17. The van der Waals surface area contributed by atoms with Crippen LogP contribution < -0.4 is 42.0 Å². The van der Waals surface area contributed by atoms with Crippen LogP contribution in [-0.4, -0.2) is 292 Å². The third-order valence-corrected chi connectivity index (χ3v) is 23.1. The highest BCUT2D eigenvalue weighted by molar-refractivity contribution is 8.00. The molecule has 0 bridgehead atoms. The largest absolute Gasteiger partial charge is 0.463 e. The summed E-state index contributed by atoms with van der Waals surface area (Å²) >= 11 is 3.82. The van der Waals surface area contributed by atoms with Gasteiger partial charge < -0.3 is 113 Å². The average molecular weight is 1950 g/mol. The van der Waals surface area contributed by atoms with Gasteiger partial charge in [0.25, 0.3) is 0 Å². The van der Waals surface area contributed by atoms with E-state index in [2.05, 4.69) is 42.0 Å². The van der Waals surface area contributed by atoms with Crippen LogP contribution in [0, 0.1) is 29.1 Å². The van der Waals surface area contributed by atoms with E-state index in [-0.39, 0.29) is 78.5 Å². The van der Waals surface area contributed by atoms with Crippen LogP contribution in [0.2, 0.25) is 0 Å². The summed E-state index contributed by atoms with van der Waals surface area (Å²) in [6.07, 6.45) is -6.09. The molecule has 4 rings (SSSR count). The summed E-state index contributed by atoms with van der Waals surface area (Å²) in [7, 11) is 0. The fourth-order valence-corrected chi connectivity index (χ4v) is 17.5. The topological polar surface area (TPSA) is 522 Å². The van der Waals surface area contributed by atoms with Gasteiger partial charge in [-0.3, -0.25) is 81.5 Å². The molecular weight excluding hydrogens is 1830 g/mol. The Morgan fingerprint density at radius 2 is 0.591 bits per heavy atom. The molecule has 48 heteroatoms. The van der Waals surface area contributed by atoms with Crippen molar-refractivity contribution in [3.63, 3.8) is 0 Å². The van der Waals surface area contributed by atoms with Crippen molar-refractivity contribution in [3.05, 3.63) is 29.1 Å². The molecule has 1 aromatic carbocycles. The summed E-state index contributed by atoms with van der Waals surface area (Å²) in [6, 6.07) is -2.99. The molecule has 40 nitrogen and oxygen atoms in total. The Kier molecular flexibility index (Phi) is 53.6. The number of ether oxygens (including phenoxy) is 16. The van der Waals surface area contributed by atoms with E-state index in [9.17, 15) is 103 Å². The van der Waals surface area contributed by atoms with E-state index in [1.807, 2.05) is 0 Å². The quantitative estimate of drug-likeness (QED) is 0.00881. The van der Waals surface area contributed by atoms with Crippen molar-refractivity contribution in [2.75, 3.05) is 96.4 Å². The molecule has 0 aliphatic carbocycles. The van der Waals surface area contributed by atoms with Gasteiger partial charge in [0.15, 0.2) is 36.6 Å². The first-order valence-corrected chi connectivity index (χ1v) is 46.3. The minimum absolute atomic E-state index is 0.225. The molecule has 0 saturated carbocycles. The van der Waals surface area contributed by atoms with Gasteiger partial charge in [-0.1, -0.05) is 38.5 Å². The maximum Gasteiger partial charge on any atom is 0.311 e. The van der Waals surface area contributed by atoms with Gasteiger partial charge in [0.05, 0.1) is 39.6 Å². The van der Waals surface area contributed by atoms with Crippen LogP contribution >= 0.6 is 35.3 Å². The molecule has 0 aromatic heterocycles. The SMILES string of the molecule is CC(=O)NC1C(SCCCCCCNC(=O)CCOCC(COCCC(=O)NCCCCCCSC2OC(COC(C)=O)C(OC(C)=O)C(OC(C)=O)C2NC(C)=O)(COCCC(=O)NCCCCCCSC2OC(COC(C)=O)C(OC(C)=O)C(OC(C)=O)C2NC(C)=O)NC(=O)CCCC(=O)Oc2c(F)c(F)c(F)c(F)c2F)OC(COC(C)=O)C(OC(C)=O)C1OC(C)=O. The molecule has 132 heavy (non-hydrogen) atoms. The minimum Gasteiger partial charge on any atom is -0.463 e. The first kappa shape index (κ1) is 115. The fourth-order valence-electron chi connectivity index (χ4n) is 13.7. The van der Waals surface area contributed by atoms with Crippen molar-refractivity contribution >= 4 is 136 Å². The van der Waals surface area contributed by atoms with Crippen molar-refractivity contribution in [1.82, 2.24) is 37.2 Å². The molecule has 3 aliphatic heterocycles. The lowest BCUT2D eigenvalue weighted by Crippen LogP contribution is -2.65. The summed E-state index contributed by atoms with van der Waals surface area (Å²) in [5.41, 5.74) is -4.34. The third kappa shape index (κ3) is 44.2. The van der Waals surface area contributed by atoms with Crippen molar-refractivity contribution in [2.24, 2.45) is 0 Å². The standard InChI is InChI=1S/C84H124F5N7O33S3/c1-46(97)93-71-78(123-55(10)106)74(120-52(7)103)58(40-117-49(4)100)126-81(71)130-37-22-16-13-19-31-90-61(109)28-34-114-43-84(96-64(112)26-25-27-65(113)129-77-69(88)67(86)66(85)68(87)70(77)89,44-115-35-29-62(110)91-32-20-14-17-23-38-131-82-72(94-47(2)98)79(124-56(11)107)75(121-53(8)104)59(127-82)41-118-50(5)101)45-116-36-30-63(111)92-33-21-15-18-24-39-132-83-73(95-48(3)99)80(125-57(12)108)76(122-54(9)105)60(128-83)42-119-51(6)102/h58-60,71-76,78-83H,13-45H2,1-12H3,(H,90,109)(H,91,110)(H,92,111)(H,93,97)(H,94,98)(H,95,99)(H,96,112). The second kappa shape index (κ2) is 61.5. The molecule has 3 aliphatic rings. The number of amides is 7. The number of hydrogen-bond acceptors (Lipinski definition) is 36. The Morgan fingerprint density at radius 3 is 0.864 bits per heavy atom. The predicted molar refractivity (Wildman–Crippen MR) is 457 cm³/mol. The third-order valence-electron chi connectivity index (χ3n) is 19.4. The summed E-state index contributed by atoms with van der Waals surface area (Å²) in [5, 5.41) is 19.4. The number of halogens is 5. The average Bonchev–Trinajstić information content (AvgIpc) is 0.789. The van der Waals surface area contributed by atoms with Crippen LogP contribution in [0.4, 0.5) is 22.0 Å². The Labute approximate surface area is 773 Å². The van der Waals surface area contributed by atoms with Crippen LogP contribution in [0.1, 0.15) is 199 Å². The zero-order valence-electron chi connectivity index (χ0n) is 76.1. The van der Waals surface area contributed by atoms with Crippen molar-refractivity contribution in [3.8, 4) is 5.75 Å². The van der Waals surface area contributed by atoms with E-state index < -0.39 is 270 Å². The monoisotopic (exact) mass is 1950 g/mol. The molecule has 0 radical (unpaired) electrons. The van der Waals surface area contributed by atoms with E-state index in [0.29, 0.717) is 94.3 Å². The van der Waals surface area contributed by atoms with Crippen LogP contribution in [0.3, 0.4) is 0 Å². The minimum atomic E-state index is -2.50. The smallest absolute Gasteiger partial charge is 0.311 e. The molecular formula is C84H124F5N7O33S3. The summed E-state index contributed by atoms with van der Waals surface area (Å²) < 4.78 is 161. The maximum absolute atomic E-state index is 14.5. The van der Waals surface area contributed by atoms with Gasteiger partial charge in [-0.2, -0.15) is 8.78 Å². The summed E-state index contributed by atoms with van der Waals surface area (Å²) in [6.45, 7) is 11.3. The normalized spacial score (nSPS) is 21.9. The maximum atomic E-state index is 14.5. The zero-order valence-corrected chi connectivity index (χ0v) is 78.5. The molecule has 7 N–H and O–H groups in total. The molecule has 3 fully saturated rings. The number of benzene rings is 1. The Morgan fingerprint density at radius 1 is 0.318 bits per heavy atom. The van der Waals surface area contributed by atoms with Crippen molar-refractivity contribution < 1.29 is 179 Å². The van der Waals surface area contributed by atoms with Gasteiger partial charge in [-0.25, -0.2) is 13.2 Å². The lowest BCUT2D eigenvalue weighted by atomic mass is 9.97. The van der Waals surface area contributed by atoms with Crippen LogP contribution in [0.25, 0.3) is 0 Å². The molecule has 3 heterocycles. The zero-order chi connectivity index (χ0) is 98.2. The number of carbonyl (C=O) groups excluding carboxylic acids is 17. The highest BCUT2D eigenvalue weighted by Gasteiger charge is 2.54. The molecule has 7 amide bonds. The molecule has 1 aromatic rings. The highest BCUT2D eigenvalue weighted by atomic mass is 32.2. The van der Waals surface area contributed by atoms with Gasteiger partial charge in [0.1, 0.15) is 78.1 Å². The molecule has 0 spiro atoms. The first-order chi connectivity index (χ1) is 62.5. The second-order valence-corrected chi connectivity index (χ2v) is 34.6. The lowest BCUT2D eigenvalue weighted by molar-refractivity contribution is -0.211. The number of rotatable bonds is 60. The van der Waals surface area contributed by atoms with Gasteiger partial charge in [0, 0.05) is 135 Å². The highest BCUT2D eigenvalue weighted by Crippen LogP contribution is 2.38. The Hall–Kier alpha value is -9.33. The van der Waals surface area contributed by atoms with Crippen molar-refractivity contribution in [1.29, 1.82) is 0 Å². The van der Waals surface area contributed by atoms with Gasteiger partial charge in [-0.15, -0.1) is 35.3 Å². The van der Waals surface area contributed by atoms with Crippen molar-refractivity contribution in [2.45, 2.75) is 294 Å². The first-order valence-electron chi connectivity index (χ1n) is 43.1. The Bertz CT molecular complexity index is 3660. The van der Waals surface area contributed by atoms with Crippen LogP contribution in [-0.2, 0) is 153 Å². The summed E-state index contributed by atoms with van der Waals surface area (Å²) in [5.74, 6) is -24.3. The van der Waals surface area contributed by atoms with Gasteiger partial charge in [0.2, 0.25) is 76.2 Å². The molecule has 15 atom stereocenters. The van der Waals surface area contributed by atoms with E-state index in [0.717, 1.165) is 41.5 Å². The van der Waals surface area contributed by atoms with Crippen LogP contribution in [0.5, 0.6) is 5.75 Å². The summed E-state index contributed by atoms with van der Waals surface area (Å²) in [4.78, 5) is 213. The van der Waals surface area contributed by atoms with E-state index in [1.165, 1.54) is 76.8 Å². The predicted octanol–water partition coefficient (Wildman–Crippen LogP) is 4.73.